The third-order valence-electron chi connectivity index (χ3n) is 3.52. The predicted molar refractivity (Wildman–Crippen MR) is 64.1 cm³/mol. The number of nitrogens with zero attached hydrogens (tertiary/aromatic N) is 2. The van der Waals surface area contributed by atoms with Gasteiger partial charge in [0.25, 0.3) is 0 Å². The molecular weight excluding hydrogens is 188 g/mol. The first-order chi connectivity index (χ1) is 7.15. The Morgan fingerprint density at radius 1 is 1.40 bits per heavy atom. The monoisotopic (exact) mass is 214 g/mol. The summed E-state index contributed by atoms with van der Waals surface area (Å²) < 4.78 is 0. The first-order valence-electron chi connectivity index (χ1n) is 6.20. The van der Waals surface area contributed by atoms with Gasteiger partial charge in [-0.25, -0.2) is 0 Å². The second kappa shape index (κ2) is 6.46. The van der Waals surface area contributed by atoms with Gasteiger partial charge in [0.2, 0.25) is 0 Å². The molecule has 0 aromatic rings. The highest BCUT2D eigenvalue weighted by atomic mass is 16.3. The van der Waals surface area contributed by atoms with Crippen molar-refractivity contribution in [2.24, 2.45) is 0 Å². The second-order valence-corrected chi connectivity index (χ2v) is 4.94. The molecule has 90 valence electrons. The molecule has 1 aliphatic heterocycles. The summed E-state index contributed by atoms with van der Waals surface area (Å²) in [5.74, 6) is 0. The Morgan fingerprint density at radius 3 is 2.73 bits per heavy atom. The fourth-order valence-corrected chi connectivity index (χ4v) is 2.23. The lowest BCUT2D eigenvalue weighted by Gasteiger charge is -2.38. The molecule has 15 heavy (non-hydrogen) atoms. The van der Waals surface area contributed by atoms with E-state index in [1.54, 1.807) is 0 Å². The molecule has 0 amide bonds. The van der Waals surface area contributed by atoms with E-state index in [2.05, 4.69) is 30.7 Å². The number of rotatable bonds is 5. The number of likely N-dealkylation sites (tertiary alicyclic amines) is 1. The van der Waals surface area contributed by atoms with E-state index in [9.17, 15) is 0 Å². The maximum atomic E-state index is 9.02. The van der Waals surface area contributed by atoms with Gasteiger partial charge in [-0.1, -0.05) is 6.42 Å². The van der Waals surface area contributed by atoms with Crippen molar-refractivity contribution < 1.29 is 5.11 Å². The molecule has 0 aromatic carbocycles. The molecule has 0 bridgehead atoms. The van der Waals surface area contributed by atoms with E-state index in [0.717, 1.165) is 19.6 Å². The van der Waals surface area contributed by atoms with Crippen LogP contribution in [0.5, 0.6) is 0 Å². The van der Waals surface area contributed by atoms with Crippen LogP contribution in [0.25, 0.3) is 0 Å². The Bertz CT molecular complexity index is 171. The van der Waals surface area contributed by atoms with Crippen LogP contribution in [0.3, 0.4) is 0 Å². The molecule has 0 aromatic heterocycles. The number of aliphatic hydroxyl groups excluding tert-OH is 1. The first-order valence-corrected chi connectivity index (χ1v) is 6.20. The molecule has 1 saturated heterocycles. The van der Waals surface area contributed by atoms with Crippen molar-refractivity contribution in [2.75, 3.05) is 33.3 Å². The van der Waals surface area contributed by atoms with E-state index in [4.69, 9.17) is 5.11 Å². The minimum absolute atomic E-state index is 0.294. The molecule has 1 aliphatic rings. The van der Waals surface area contributed by atoms with E-state index < -0.39 is 0 Å². The van der Waals surface area contributed by atoms with Crippen molar-refractivity contribution in [3.05, 3.63) is 0 Å². The summed E-state index contributed by atoms with van der Waals surface area (Å²) in [6, 6.07) is 1.27. The molecule has 1 atom stereocenters. The van der Waals surface area contributed by atoms with Gasteiger partial charge in [-0.15, -0.1) is 0 Å². The zero-order chi connectivity index (χ0) is 11.3. The Kier molecular flexibility index (Phi) is 5.58. The van der Waals surface area contributed by atoms with Gasteiger partial charge in [0.05, 0.1) is 6.61 Å². The molecule has 0 aliphatic carbocycles. The van der Waals surface area contributed by atoms with Crippen LogP contribution in [0.1, 0.15) is 33.1 Å². The van der Waals surface area contributed by atoms with Gasteiger partial charge < -0.3 is 10.0 Å². The summed E-state index contributed by atoms with van der Waals surface area (Å²) in [7, 11) is 2.19. The van der Waals surface area contributed by atoms with E-state index >= 15 is 0 Å². The zero-order valence-corrected chi connectivity index (χ0v) is 10.4. The summed E-state index contributed by atoms with van der Waals surface area (Å²) in [6.07, 6.45) is 3.93. The van der Waals surface area contributed by atoms with Gasteiger partial charge in [-0.2, -0.15) is 0 Å². The highest BCUT2D eigenvalue weighted by Crippen LogP contribution is 2.17. The minimum atomic E-state index is 0.294. The van der Waals surface area contributed by atoms with Crippen LogP contribution < -0.4 is 0 Å². The van der Waals surface area contributed by atoms with Crippen LogP contribution in [0.4, 0.5) is 0 Å². The average Bonchev–Trinajstić information content (AvgIpc) is 2.21. The molecule has 0 radical (unpaired) electrons. The molecule has 1 N–H and O–H groups in total. The fourth-order valence-electron chi connectivity index (χ4n) is 2.23. The van der Waals surface area contributed by atoms with Crippen molar-refractivity contribution >= 4 is 0 Å². The predicted octanol–water partition coefficient (Wildman–Crippen LogP) is 1.17. The normalized spacial score (nSPS) is 24.0. The number of hydrogen-bond donors (Lipinski definition) is 1. The minimum Gasteiger partial charge on any atom is -0.395 e. The molecule has 1 fully saturated rings. The fraction of sp³-hybridized carbons (Fsp3) is 1.00. The summed E-state index contributed by atoms with van der Waals surface area (Å²) >= 11 is 0. The quantitative estimate of drug-likeness (QED) is 0.744. The summed E-state index contributed by atoms with van der Waals surface area (Å²) in [4.78, 5) is 4.85. The van der Waals surface area contributed by atoms with E-state index in [-0.39, 0.29) is 0 Å². The first kappa shape index (κ1) is 12.9. The molecule has 0 unspecified atom stereocenters. The standard InChI is InChI=1S/C12H26N2O/c1-11(2)13(3)10-12-6-4-5-7-14(12)8-9-15/h11-12,15H,4-10H2,1-3H3/t12-/m0/s1. The summed E-state index contributed by atoms with van der Waals surface area (Å²) in [5, 5.41) is 9.02. The summed E-state index contributed by atoms with van der Waals surface area (Å²) in [5.41, 5.74) is 0. The highest BCUT2D eigenvalue weighted by molar-refractivity contribution is 4.79. The molecule has 1 heterocycles. The van der Waals surface area contributed by atoms with Gasteiger partial charge in [0.15, 0.2) is 0 Å². The van der Waals surface area contributed by atoms with Gasteiger partial charge in [-0.3, -0.25) is 4.90 Å². The average molecular weight is 214 g/mol. The SMILES string of the molecule is CC(C)N(C)C[C@@H]1CCCCN1CCO. The lowest BCUT2D eigenvalue weighted by atomic mass is 10.0. The van der Waals surface area contributed by atoms with E-state index in [0.29, 0.717) is 18.7 Å². The largest absolute Gasteiger partial charge is 0.395 e. The third-order valence-corrected chi connectivity index (χ3v) is 3.52. The van der Waals surface area contributed by atoms with Crippen molar-refractivity contribution in [3.8, 4) is 0 Å². The van der Waals surface area contributed by atoms with E-state index in [1.807, 2.05) is 0 Å². The van der Waals surface area contributed by atoms with Gasteiger partial charge in [-0.05, 0) is 40.3 Å². The molecule has 1 rings (SSSR count). The van der Waals surface area contributed by atoms with Gasteiger partial charge in [0, 0.05) is 25.2 Å². The molecule has 0 saturated carbocycles. The summed E-state index contributed by atoms with van der Waals surface area (Å²) in [6.45, 7) is 7.91. The molecule has 3 heteroatoms. The van der Waals surface area contributed by atoms with Crippen LogP contribution in [-0.4, -0.2) is 60.3 Å². The Labute approximate surface area is 94.1 Å². The number of hydrogen-bond acceptors (Lipinski definition) is 3. The van der Waals surface area contributed by atoms with Crippen molar-refractivity contribution in [3.63, 3.8) is 0 Å². The third kappa shape index (κ3) is 4.09. The van der Waals surface area contributed by atoms with Crippen molar-refractivity contribution in [2.45, 2.75) is 45.2 Å². The van der Waals surface area contributed by atoms with Crippen LogP contribution in [0, 0.1) is 0 Å². The Balaban J connectivity index is 2.41. The topological polar surface area (TPSA) is 26.7 Å². The van der Waals surface area contributed by atoms with Gasteiger partial charge >= 0.3 is 0 Å². The van der Waals surface area contributed by atoms with E-state index in [1.165, 1.54) is 19.3 Å². The second-order valence-electron chi connectivity index (χ2n) is 4.94. The number of aliphatic hydroxyl groups is 1. The van der Waals surface area contributed by atoms with Crippen LogP contribution in [0.2, 0.25) is 0 Å². The highest BCUT2D eigenvalue weighted by Gasteiger charge is 2.23. The maximum Gasteiger partial charge on any atom is 0.0558 e. The molecular formula is C12H26N2O. The molecule has 3 nitrogen and oxygen atoms in total. The van der Waals surface area contributed by atoms with Crippen LogP contribution in [0.15, 0.2) is 0 Å². The smallest absolute Gasteiger partial charge is 0.0558 e. The number of β-amino-alcohol motifs (C(OH)–C–C–N with tert-alkyl or cyclic N) is 1. The van der Waals surface area contributed by atoms with Crippen LogP contribution >= 0.6 is 0 Å². The maximum absolute atomic E-state index is 9.02. The Hall–Kier alpha value is -0.120. The molecule has 0 spiro atoms. The number of piperidine rings is 1. The Morgan fingerprint density at radius 2 is 2.13 bits per heavy atom. The number of likely N-dealkylation sites (N-methyl/N-ethyl adjacent to an activating group) is 1. The lowest BCUT2D eigenvalue weighted by Crippen LogP contribution is -2.48. The zero-order valence-electron chi connectivity index (χ0n) is 10.4. The van der Waals surface area contributed by atoms with Crippen molar-refractivity contribution in [1.29, 1.82) is 0 Å². The lowest BCUT2D eigenvalue weighted by molar-refractivity contribution is 0.0851. The van der Waals surface area contributed by atoms with Crippen molar-refractivity contribution in [1.82, 2.24) is 9.80 Å². The van der Waals surface area contributed by atoms with Gasteiger partial charge in [0.1, 0.15) is 0 Å². The van der Waals surface area contributed by atoms with Crippen LogP contribution in [-0.2, 0) is 0 Å².